The predicted octanol–water partition coefficient (Wildman–Crippen LogP) is 1.33. The zero-order valence-electron chi connectivity index (χ0n) is 9.69. The van der Waals surface area contributed by atoms with Gasteiger partial charge < -0.3 is 14.8 Å². The Labute approximate surface area is 96.2 Å². The van der Waals surface area contributed by atoms with Crippen LogP contribution in [-0.4, -0.2) is 43.4 Å². The quantitative estimate of drug-likeness (QED) is 0.642. The third-order valence-electron chi connectivity index (χ3n) is 2.02. The average molecular weight is 225 g/mol. The lowest BCUT2D eigenvalue weighted by Crippen LogP contribution is -2.06. The summed E-state index contributed by atoms with van der Waals surface area (Å²) < 4.78 is 10.2. The number of anilines is 1. The van der Waals surface area contributed by atoms with Gasteiger partial charge in [0.15, 0.2) is 0 Å². The van der Waals surface area contributed by atoms with Gasteiger partial charge in [-0.15, -0.1) is 0 Å². The first-order valence-corrected chi connectivity index (χ1v) is 5.50. The van der Waals surface area contributed by atoms with E-state index in [2.05, 4.69) is 15.3 Å². The van der Waals surface area contributed by atoms with E-state index in [-0.39, 0.29) is 0 Å². The summed E-state index contributed by atoms with van der Waals surface area (Å²) in [5.41, 5.74) is 0. The Kier molecular flexibility index (Phi) is 7.28. The van der Waals surface area contributed by atoms with E-state index in [0.29, 0.717) is 13.2 Å². The molecule has 0 bridgehead atoms. The summed E-state index contributed by atoms with van der Waals surface area (Å²) >= 11 is 0. The lowest BCUT2D eigenvalue weighted by atomic mass is 10.3. The first-order chi connectivity index (χ1) is 7.93. The molecule has 0 spiro atoms. The van der Waals surface area contributed by atoms with E-state index in [1.54, 1.807) is 25.7 Å². The van der Waals surface area contributed by atoms with E-state index < -0.39 is 0 Å². The van der Waals surface area contributed by atoms with Gasteiger partial charge in [0.25, 0.3) is 0 Å². The molecule has 0 aromatic carbocycles. The van der Waals surface area contributed by atoms with Crippen molar-refractivity contribution in [2.45, 2.75) is 12.8 Å². The van der Waals surface area contributed by atoms with E-state index in [1.165, 1.54) is 0 Å². The molecule has 0 amide bonds. The van der Waals surface area contributed by atoms with Crippen molar-refractivity contribution in [1.82, 2.24) is 9.97 Å². The van der Waals surface area contributed by atoms with Gasteiger partial charge in [0.2, 0.25) is 0 Å². The molecule has 0 fully saturated rings. The molecular weight excluding hydrogens is 206 g/mol. The second-order valence-corrected chi connectivity index (χ2v) is 3.33. The number of unbranched alkanes of at least 4 members (excludes halogenated alkanes) is 1. The fourth-order valence-corrected chi connectivity index (χ4v) is 1.18. The molecule has 0 aliphatic rings. The number of ether oxygens (including phenoxy) is 2. The number of nitrogens with zero attached hydrogens (tertiary/aromatic N) is 2. The summed E-state index contributed by atoms with van der Waals surface area (Å²) in [6.07, 6.45) is 7.15. The molecule has 1 aromatic rings. The first kappa shape index (κ1) is 12.9. The maximum Gasteiger partial charge on any atom is 0.144 e. The molecular formula is C11H19N3O2. The van der Waals surface area contributed by atoms with Gasteiger partial charge in [-0.3, -0.25) is 4.98 Å². The molecule has 0 atom stereocenters. The fourth-order valence-electron chi connectivity index (χ4n) is 1.18. The van der Waals surface area contributed by atoms with Crippen LogP contribution in [0.1, 0.15) is 12.8 Å². The van der Waals surface area contributed by atoms with Crippen LogP contribution in [0.2, 0.25) is 0 Å². The molecule has 90 valence electrons. The Morgan fingerprint density at radius 3 is 2.88 bits per heavy atom. The smallest absolute Gasteiger partial charge is 0.144 e. The molecule has 16 heavy (non-hydrogen) atoms. The van der Waals surface area contributed by atoms with Crippen LogP contribution in [0.3, 0.4) is 0 Å². The van der Waals surface area contributed by atoms with Gasteiger partial charge in [0.05, 0.1) is 19.4 Å². The topological polar surface area (TPSA) is 56.3 Å². The number of hydrogen-bond donors (Lipinski definition) is 1. The van der Waals surface area contributed by atoms with Crippen LogP contribution >= 0.6 is 0 Å². The normalized spacial score (nSPS) is 10.3. The molecule has 0 saturated carbocycles. The standard InChI is InChI=1S/C11H19N3O2/c1-15-8-9-16-7-3-2-4-13-11-10-12-5-6-14-11/h5-6,10H,2-4,7-9H2,1H3,(H,13,14). The summed E-state index contributed by atoms with van der Waals surface area (Å²) in [7, 11) is 1.67. The molecule has 1 heterocycles. The summed E-state index contributed by atoms with van der Waals surface area (Å²) in [6.45, 7) is 3.02. The van der Waals surface area contributed by atoms with Gasteiger partial charge in [-0.2, -0.15) is 0 Å². The monoisotopic (exact) mass is 225 g/mol. The summed E-state index contributed by atoms with van der Waals surface area (Å²) in [5.74, 6) is 0.822. The van der Waals surface area contributed by atoms with Crippen molar-refractivity contribution in [1.29, 1.82) is 0 Å². The van der Waals surface area contributed by atoms with Crippen molar-refractivity contribution in [3.8, 4) is 0 Å². The van der Waals surface area contributed by atoms with Gasteiger partial charge in [0.1, 0.15) is 5.82 Å². The van der Waals surface area contributed by atoms with Crippen LogP contribution in [0.15, 0.2) is 18.6 Å². The van der Waals surface area contributed by atoms with Crippen LogP contribution in [-0.2, 0) is 9.47 Å². The zero-order chi connectivity index (χ0) is 11.5. The maximum atomic E-state index is 5.35. The molecule has 0 aliphatic carbocycles. The Morgan fingerprint density at radius 2 is 2.12 bits per heavy atom. The average Bonchev–Trinajstić information content (AvgIpc) is 2.34. The highest BCUT2D eigenvalue weighted by atomic mass is 16.5. The number of aromatic nitrogens is 2. The SMILES string of the molecule is COCCOCCCCNc1cnccn1. The summed E-state index contributed by atoms with van der Waals surface area (Å²) in [5, 5.41) is 3.19. The largest absolute Gasteiger partial charge is 0.382 e. The van der Waals surface area contributed by atoms with Crippen molar-refractivity contribution in [2.75, 3.05) is 38.8 Å². The minimum absolute atomic E-state index is 0.665. The highest BCUT2D eigenvalue weighted by Gasteiger charge is 1.92. The van der Waals surface area contributed by atoms with E-state index >= 15 is 0 Å². The summed E-state index contributed by atoms with van der Waals surface area (Å²) in [6, 6.07) is 0. The molecule has 5 nitrogen and oxygen atoms in total. The molecule has 0 unspecified atom stereocenters. The number of nitrogens with one attached hydrogen (secondary N) is 1. The lowest BCUT2D eigenvalue weighted by molar-refractivity contribution is 0.0691. The van der Waals surface area contributed by atoms with Gasteiger partial charge in [0, 0.05) is 32.7 Å². The van der Waals surface area contributed by atoms with Crippen molar-refractivity contribution < 1.29 is 9.47 Å². The van der Waals surface area contributed by atoms with Crippen molar-refractivity contribution in [2.24, 2.45) is 0 Å². The van der Waals surface area contributed by atoms with E-state index in [0.717, 1.165) is 31.8 Å². The Hall–Kier alpha value is -1.20. The van der Waals surface area contributed by atoms with Crippen LogP contribution in [0, 0.1) is 0 Å². The van der Waals surface area contributed by atoms with Gasteiger partial charge in [-0.1, -0.05) is 0 Å². The Morgan fingerprint density at radius 1 is 1.19 bits per heavy atom. The van der Waals surface area contributed by atoms with Gasteiger partial charge >= 0.3 is 0 Å². The van der Waals surface area contributed by atoms with E-state index in [9.17, 15) is 0 Å². The number of hydrogen-bond acceptors (Lipinski definition) is 5. The fraction of sp³-hybridized carbons (Fsp3) is 0.636. The molecule has 0 saturated heterocycles. The van der Waals surface area contributed by atoms with Crippen LogP contribution in [0.5, 0.6) is 0 Å². The van der Waals surface area contributed by atoms with E-state index in [1.807, 2.05) is 0 Å². The van der Waals surface area contributed by atoms with Gasteiger partial charge in [-0.05, 0) is 12.8 Å². The Bertz CT molecular complexity index is 257. The third kappa shape index (κ3) is 6.31. The third-order valence-corrected chi connectivity index (χ3v) is 2.02. The molecule has 0 aliphatic heterocycles. The molecule has 0 radical (unpaired) electrons. The molecule has 5 heteroatoms. The minimum Gasteiger partial charge on any atom is -0.382 e. The van der Waals surface area contributed by atoms with Crippen molar-refractivity contribution in [3.63, 3.8) is 0 Å². The first-order valence-electron chi connectivity index (χ1n) is 5.50. The van der Waals surface area contributed by atoms with Crippen LogP contribution in [0.4, 0.5) is 5.82 Å². The zero-order valence-corrected chi connectivity index (χ0v) is 9.69. The van der Waals surface area contributed by atoms with Crippen LogP contribution < -0.4 is 5.32 Å². The molecule has 1 aromatic heterocycles. The highest BCUT2D eigenvalue weighted by molar-refractivity contribution is 5.29. The second-order valence-electron chi connectivity index (χ2n) is 3.33. The van der Waals surface area contributed by atoms with Crippen LogP contribution in [0.25, 0.3) is 0 Å². The molecule has 1 rings (SSSR count). The number of methoxy groups -OCH3 is 1. The summed E-state index contributed by atoms with van der Waals surface area (Å²) in [4.78, 5) is 8.09. The van der Waals surface area contributed by atoms with Crippen molar-refractivity contribution >= 4 is 5.82 Å². The van der Waals surface area contributed by atoms with Crippen molar-refractivity contribution in [3.05, 3.63) is 18.6 Å². The van der Waals surface area contributed by atoms with E-state index in [4.69, 9.17) is 9.47 Å². The minimum atomic E-state index is 0.665. The lowest BCUT2D eigenvalue weighted by Gasteiger charge is -2.05. The predicted molar refractivity (Wildman–Crippen MR) is 62.5 cm³/mol. The Balaban J connectivity index is 1.89. The highest BCUT2D eigenvalue weighted by Crippen LogP contribution is 1.98. The number of rotatable bonds is 9. The van der Waals surface area contributed by atoms with Gasteiger partial charge in [-0.25, -0.2) is 4.98 Å². The second kappa shape index (κ2) is 9.06. The maximum absolute atomic E-state index is 5.35. The molecule has 1 N–H and O–H groups in total.